The molecule has 0 saturated carbocycles. The Morgan fingerprint density at radius 1 is 1.09 bits per heavy atom. The third-order valence-corrected chi connectivity index (χ3v) is 4.17. The largest absolute Gasteiger partial charge is 0.467 e. The molecule has 1 unspecified atom stereocenters. The second-order valence-electron chi connectivity index (χ2n) is 9.58. The van der Waals surface area contributed by atoms with E-state index in [0.29, 0.717) is 17.1 Å². The highest BCUT2D eigenvalue weighted by atomic mass is 16.6. The molecule has 0 bridgehead atoms. The summed E-state index contributed by atoms with van der Waals surface area (Å²) >= 11 is 0. The van der Waals surface area contributed by atoms with Gasteiger partial charge in [0.15, 0.2) is 5.82 Å². The smallest absolute Gasteiger partial charge is 0.441 e. The fraction of sp³-hybridized carbons (Fsp3) is 0.682. The third kappa shape index (κ3) is 9.11. The Labute approximate surface area is 193 Å². The van der Waals surface area contributed by atoms with Crippen molar-refractivity contribution in [1.29, 1.82) is 0 Å². The second kappa shape index (κ2) is 11.2. The van der Waals surface area contributed by atoms with Crippen LogP contribution in [0.2, 0.25) is 0 Å². The summed E-state index contributed by atoms with van der Waals surface area (Å²) in [5.74, 6) is -0.932. The number of carbonyl (C=O) groups excluding carboxylic acids is 3. The van der Waals surface area contributed by atoms with Crippen LogP contribution in [0.1, 0.15) is 67.1 Å². The number of aryl methyl sites for hydroxylation is 1. The highest BCUT2D eigenvalue weighted by Gasteiger charge is 2.40. The molecule has 0 N–H and O–H groups in total. The molecule has 0 aromatic carbocycles. The molecule has 33 heavy (non-hydrogen) atoms. The van der Waals surface area contributed by atoms with Crippen molar-refractivity contribution in [2.24, 2.45) is 0 Å². The number of hydrogen-bond acceptors (Lipinski definition) is 9. The van der Waals surface area contributed by atoms with Crippen LogP contribution >= 0.6 is 0 Å². The van der Waals surface area contributed by atoms with E-state index in [-0.39, 0.29) is 13.0 Å². The number of aromatic nitrogens is 2. The average Bonchev–Trinajstić information content (AvgIpc) is 2.95. The van der Waals surface area contributed by atoms with Crippen molar-refractivity contribution in [3.05, 3.63) is 28.0 Å². The van der Waals surface area contributed by atoms with Gasteiger partial charge in [-0.25, -0.2) is 19.2 Å². The van der Waals surface area contributed by atoms with Crippen LogP contribution in [-0.2, 0) is 25.5 Å². The maximum Gasteiger partial charge on any atom is 0.441 e. The molecule has 1 heterocycles. The number of allylic oxidation sites excluding steroid dienone is 2. The summed E-state index contributed by atoms with van der Waals surface area (Å²) in [5.41, 5.74) is -1.01. The number of esters is 1. The zero-order valence-corrected chi connectivity index (χ0v) is 20.9. The van der Waals surface area contributed by atoms with Gasteiger partial charge < -0.3 is 14.2 Å². The molecular weight excluding hydrogens is 434 g/mol. The first-order valence-corrected chi connectivity index (χ1v) is 10.6. The van der Waals surface area contributed by atoms with E-state index < -0.39 is 41.2 Å². The predicted octanol–water partition coefficient (Wildman–Crippen LogP) is 3.59. The van der Waals surface area contributed by atoms with Crippen LogP contribution in [0.4, 0.5) is 9.59 Å². The van der Waals surface area contributed by atoms with Crippen LogP contribution < -0.4 is 5.76 Å². The van der Waals surface area contributed by atoms with Gasteiger partial charge in [0, 0.05) is 0 Å². The Bertz CT molecular complexity index is 903. The number of ether oxygens (including phenoxy) is 3. The summed E-state index contributed by atoms with van der Waals surface area (Å²) in [7, 11) is 1.17. The maximum atomic E-state index is 12.9. The van der Waals surface area contributed by atoms with Gasteiger partial charge in [0.2, 0.25) is 0 Å². The highest BCUT2D eigenvalue weighted by molar-refractivity contribution is 5.94. The Hall–Kier alpha value is -3.11. The first-order valence-electron chi connectivity index (χ1n) is 10.6. The Kier molecular flexibility index (Phi) is 9.44. The molecule has 0 aliphatic heterocycles. The number of hydrogen-bond donors (Lipinski definition) is 0. The topological polar surface area (TPSA) is 130 Å². The Morgan fingerprint density at radius 2 is 1.61 bits per heavy atom. The van der Waals surface area contributed by atoms with Crippen molar-refractivity contribution in [1.82, 2.24) is 14.6 Å². The number of amides is 2. The van der Waals surface area contributed by atoms with E-state index in [1.807, 2.05) is 0 Å². The van der Waals surface area contributed by atoms with E-state index in [1.54, 1.807) is 61.5 Å². The minimum atomic E-state index is -1.27. The molecule has 0 fully saturated rings. The van der Waals surface area contributed by atoms with Gasteiger partial charge in [-0.15, -0.1) is 0 Å². The van der Waals surface area contributed by atoms with Gasteiger partial charge in [0.1, 0.15) is 17.2 Å². The molecule has 11 nitrogen and oxygen atoms in total. The van der Waals surface area contributed by atoms with Crippen LogP contribution in [0.5, 0.6) is 0 Å². The van der Waals surface area contributed by atoms with E-state index in [1.165, 1.54) is 11.7 Å². The molecule has 0 aliphatic carbocycles. The molecule has 1 atom stereocenters. The number of carbonyl (C=O) groups is 3. The number of rotatable bonds is 7. The van der Waals surface area contributed by atoms with Gasteiger partial charge in [-0.1, -0.05) is 16.8 Å². The lowest BCUT2D eigenvalue weighted by molar-refractivity contribution is -0.146. The van der Waals surface area contributed by atoms with Crippen molar-refractivity contribution in [2.75, 3.05) is 7.11 Å². The molecule has 1 rings (SSSR count). The lowest BCUT2D eigenvalue weighted by Gasteiger charge is -2.32. The first kappa shape index (κ1) is 27.9. The van der Waals surface area contributed by atoms with Crippen LogP contribution in [0.15, 0.2) is 21.0 Å². The highest BCUT2D eigenvalue weighted by Crippen LogP contribution is 2.20. The molecule has 0 radical (unpaired) electrons. The van der Waals surface area contributed by atoms with Crippen molar-refractivity contribution < 1.29 is 33.1 Å². The summed E-state index contributed by atoms with van der Waals surface area (Å²) in [5, 5.41) is 3.61. The quantitative estimate of drug-likeness (QED) is 0.334. The lowest BCUT2D eigenvalue weighted by Crippen LogP contribution is -2.52. The fourth-order valence-electron chi connectivity index (χ4n) is 2.76. The van der Waals surface area contributed by atoms with Crippen LogP contribution in [-0.4, -0.2) is 57.1 Å². The van der Waals surface area contributed by atoms with Gasteiger partial charge in [0.25, 0.3) is 0 Å². The van der Waals surface area contributed by atoms with E-state index in [0.717, 1.165) is 5.57 Å². The predicted molar refractivity (Wildman–Crippen MR) is 119 cm³/mol. The van der Waals surface area contributed by atoms with Crippen molar-refractivity contribution in [3.63, 3.8) is 0 Å². The summed E-state index contributed by atoms with van der Waals surface area (Å²) in [6, 6.07) is -1.27. The summed E-state index contributed by atoms with van der Waals surface area (Å²) in [4.78, 5) is 50.6. The monoisotopic (exact) mass is 469 g/mol. The maximum absolute atomic E-state index is 12.9. The van der Waals surface area contributed by atoms with Gasteiger partial charge in [0.05, 0.1) is 13.7 Å². The summed E-state index contributed by atoms with van der Waals surface area (Å²) in [6.45, 7) is 13.6. The molecule has 0 saturated heterocycles. The minimum absolute atomic E-state index is 0.0556. The van der Waals surface area contributed by atoms with E-state index in [4.69, 9.17) is 14.2 Å². The normalized spacial score (nSPS) is 13.3. The summed E-state index contributed by atoms with van der Waals surface area (Å²) < 4.78 is 21.5. The van der Waals surface area contributed by atoms with E-state index in [2.05, 4.69) is 9.68 Å². The molecule has 2 amide bonds. The molecular formula is C22H35N3O8. The average molecular weight is 470 g/mol. The lowest BCUT2D eigenvalue weighted by atomic mass is 10.1. The fourth-order valence-corrected chi connectivity index (χ4v) is 2.76. The molecule has 0 spiro atoms. The van der Waals surface area contributed by atoms with Crippen molar-refractivity contribution >= 4 is 18.2 Å². The van der Waals surface area contributed by atoms with E-state index >= 15 is 0 Å². The van der Waals surface area contributed by atoms with Crippen molar-refractivity contribution in [2.45, 2.75) is 92.0 Å². The molecule has 11 heteroatoms. The van der Waals surface area contributed by atoms with Crippen LogP contribution in [0.3, 0.4) is 0 Å². The van der Waals surface area contributed by atoms with Gasteiger partial charge in [-0.3, -0.25) is 9.09 Å². The van der Waals surface area contributed by atoms with Gasteiger partial charge >= 0.3 is 23.9 Å². The van der Waals surface area contributed by atoms with Crippen LogP contribution in [0, 0.1) is 6.92 Å². The standard InChI is InChI=1S/C22H35N3O8/c1-14(13-24-15(2)23-33-18(24)27)11-10-12-16(17(26)30-9)25(19(28)31-21(3,4)5)20(29)32-22(6,7)8/h11,16H,10,12-13H2,1-9H3/b14-11-. The third-order valence-electron chi connectivity index (χ3n) is 4.17. The SMILES string of the molecule is COC(=O)C(CC/C=C(/C)Cn1c(C)noc1=O)N(C(=O)OC(C)(C)C)C(=O)OC(C)(C)C. The zero-order valence-electron chi connectivity index (χ0n) is 20.9. The Morgan fingerprint density at radius 3 is 2.00 bits per heavy atom. The van der Waals surface area contributed by atoms with Crippen molar-refractivity contribution in [3.8, 4) is 0 Å². The van der Waals surface area contributed by atoms with Gasteiger partial charge in [-0.2, -0.15) is 4.90 Å². The number of nitrogens with zero attached hydrogens (tertiary/aromatic N) is 3. The molecule has 186 valence electrons. The molecule has 1 aromatic rings. The van der Waals surface area contributed by atoms with Gasteiger partial charge in [-0.05, 0) is 68.2 Å². The number of methoxy groups -OCH3 is 1. The molecule has 1 aromatic heterocycles. The first-order chi connectivity index (χ1) is 15.1. The minimum Gasteiger partial charge on any atom is -0.467 e. The van der Waals surface area contributed by atoms with Crippen LogP contribution in [0.25, 0.3) is 0 Å². The summed E-state index contributed by atoms with van der Waals surface area (Å²) in [6.07, 6.45) is 0.114. The zero-order chi connectivity index (χ0) is 25.6. The molecule has 0 aliphatic rings. The second-order valence-corrected chi connectivity index (χ2v) is 9.58. The number of imide groups is 1. The Balaban J connectivity index is 3.13. The van der Waals surface area contributed by atoms with E-state index in [9.17, 15) is 19.2 Å².